The first-order chi connectivity index (χ1) is 19.3. The molecule has 0 heterocycles. The Balaban J connectivity index is 1.45. The number of anilines is 1. The molecule has 4 aromatic carbocycles. The second kappa shape index (κ2) is 13.3. The number of sulfonamides is 1. The van der Waals surface area contributed by atoms with Gasteiger partial charge in [-0.3, -0.25) is 9.10 Å². The van der Waals surface area contributed by atoms with Crippen LogP contribution in [-0.4, -0.2) is 34.2 Å². The van der Waals surface area contributed by atoms with Gasteiger partial charge in [0.1, 0.15) is 13.2 Å². The van der Waals surface area contributed by atoms with Crippen LogP contribution in [0.1, 0.15) is 16.7 Å². The van der Waals surface area contributed by atoms with Crippen molar-refractivity contribution in [1.82, 2.24) is 5.43 Å². The van der Waals surface area contributed by atoms with E-state index >= 15 is 0 Å². The molecule has 4 rings (SSSR count). The third kappa shape index (κ3) is 7.49. The van der Waals surface area contributed by atoms with Crippen molar-refractivity contribution in [2.24, 2.45) is 5.10 Å². The molecule has 0 atom stereocenters. The summed E-state index contributed by atoms with van der Waals surface area (Å²) < 4.78 is 40.1. The molecule has 0 saturated carbocycles. The summed E-state index contributed by atoms with van der Waals surface area (Å²) in [5.74, 6) is 0.473. The number of hydrazone groups is 1. The number of carbonyl (C=O) groups excluding carboxylic acids is 1. The molecule has 0 saturated heterocycles. The van der Waals surface area contributed by atoms with E-state index in [1.807, 2.05) is 37.3 Å². The van der Waals surface area contributed by atoms with Crippen LogP contribution in [0.5, 0.6) is 11.5 Å². The van der Waals surface area contributed by atoms with Gasteiger partial charge < -0.3 is 9.47 Å². The van der Waals surface area contributed by atoms with Crippen molar-refractivity contribution < 1.29 is 22.7 Å². The fraction of sp³-hybridized carbons (Fsp3) is 0.133. The van der Waals surface area contributed by atoms with E-state index in [2.05, 4.69) is 26.5 Å². The number of rotatable bonds is 11. The normalized spacial score (nSPS) is 11.3. The number of nitrogens with one attached hydrogen (secondary N) is 1. The molecule has 8 nitrogen and oxygen atoms in total. The average Bonchev–Trinajstić information content (AvgIpc) is 2.96. The monoisotopic (exact) mass is 621 g/mol. The maximum absolute atomic E-state index is 13.5. The Morgan fingerprint density at radius 1 is 0.950 bits per heavy atom. The highest BCUT2D eigenvalue weighted by Gasteiger charge is 2.27. The molecule has 0 radical (unpaired) electrons. The van der Waals surface area contributed by atoms with Crippen molar-refractivity contribution in [2.75, 3.05) is 18.0 Å². The highest BCUT2D eigenvalue weighted by atomic mass is 79.9. The second-order valence-corrected chi connectivity index (χ2v) is 11.6. The Morgan fingerprint density at radius 2 is 1.65 bits per heavy atom. The SMILES string of the molecule is COc1cc(/C=N/NC(=O)CN(c2ccc(Br)cc2)S(=O)(=O)c2ccc(C)cc2)ccc1OCc1ccccc1. The maximum atomic E-state index is 13.5. The topological polar surface area (TPSA) is 97.3 Å². The average molecular weight is 623 g/mol. The first-order valence-corrected chi connectivity index (χ1v) is 14.5. The summed E-state index contributed by atoms with van der Waals surface area (Å²) in [6, 6.07) is 28.2. The van der Waals surface area contributed by atoms with Crippen LogP contribution in [0.3, 0.4) is 0 Å². The van der Waals surface area contributed by atoms with Crippen molar-refractivity contribution in [3.05, 3.63) is 118 Å². The lowest BCUT2D eigenvalue weighted by atomic mass is 10.2. The van der Waals surface area contributed by atoms with Crippen LogP contribution in [0.15, 0.2) is 112 Å². The largest absolute Gasteiger partial charge is 0.493 e. The second-order valence-electron chi connectivity index (χ2n) is 8.78. The van der Waals surface area contributed by atoms with E-state index in [4.69, 9.17) is 9.47 Å². The van der Waals surface area contributed by atoms with E-state index in [0.717, 1.165) is 19.9 Å². The van der Waals surface area contributed by atoms with E-state index in [1.165, 1.54) is 18.3 Å². The third-order valence-electron chi connectivity index (χ3n) is 5.84. The van der Waals surface area contributed by atoms with Gasteiger partial charge >= 0.3 is 0 Å². The lowest BCUT2D eigenvalue weighted by molar-refractivity contribution is -0.119. The lowest BCUT2D eigenvalue weighted by Crippen LogP contribution is -2.39. The summed E-state index contributed by atoms with van der Waals surface area (Å²) in [5, 5.41) is 4.02. The van der Waals surface area contributed by atoms with Crippen molar-refractivity contribution >= 4 is 43.8 Å². The van der Waals surface area contributed by atoms with Gasteiger partial charge in [-0.05, 0) is 72.6 Å². The Bertz CT molecular complexity index is 1580. The van der Waals surface area contributed by atoms with Crippen molar-refractivity contribution in [2.45, 2.75) is 18.4 Å². The number of halogens is 1. The number of hydrogen-bond acceptors (Lipinski definition) is 6. The molecule has 0 aliphatic rings. The molecule has 0 unspecified atom stereocenters. The van der Waals surface area contributed by atoms with E-state index in [0.29, 0.717) is 29.4 Å². The first kappa shape index (κ1) is 28.8. The molecule has 206 valence electrons. The molecule has 10 heteroatoms. The quantitative estimate of drug-likeness (QED) is 0.171. The van der Waals surface area contributed by atoms with E-state index in [1.54, 1.807) is 61.7 Å². The number of aryl methyl sites for hydroxylation is 1. The fourth-order valence-corrected chi connectivity index (χ4v) is 5.41. The van der Waals surface area contributed by atoms with Crippen molar-refractivity contribution in [3.63, 3.8) is 0 Å². The Morgan fingerprint density at radius 3 is 2.33 bits per heavy atom. The highest BCUT2D eigenvalue weighted by molar-refractivity contribution is 9.10. The molecule has 40 heavy (non-hydrogen) atoms. The molecular formula is C30H28BrN3O5S. The van der Waals surface area contributed by atoms with Crippen LogP contribution >= 0.6 is 15.9 Å². The number of hydrogen-bond donors (Lipinski definition) is 1. The van der Waals surface area contributed by atoms with E-state index < -0.39 is 22.5 Å². The van der Waals surface area contributed by atoms with Crippen LogP contribution in [0.2, 0.25) is 0 Å². The number of carbonyl (C=O) groups is 1. The van der Waals surface area contributed by atoms with Crippen molar-refractivity contribution in [3.8, 4) is 11.5 Å². The molecule has 0 spiro atoms. The van der Waals surface area contributed by atoms with E-state index in [-0.39, 0.29) is 4.90 Å². The van der Waals surface area contributed by atoms with Crippen LogP contribution in [0.25, 0.3) is 0 Å². The molecule has 0 fully saturated rings. The Kier molecular flexibility index (Phi) is 9.57. The Hall–Kier alpha value is -4.15. The zero-order valence-corrected chi connectivity index (χ0v) is 24.4. The summed E-state index contributed by atoms with van der Waals surface area (Å²) in [4.78, 5) is 12.9. The molecule has 0 aromatic heterocycles. The Labute approximate surface area is 242 Å². The number of benzene rings is 4. The summed E-state index contributed by atoms with van der Waals surface area (Å²) in [7, 11) is -2.48. The van der Waals surface area contributed by atoms with Gasteiger partial charge in [-0.15, -0.1) is 0 Å². The fourth-order valence-electron chi connectivity index (χ4n) is 3.72. The lowest BCUT2D eigenvalue weighted by Gasteiger charge is -2.23. The summed E-state index contributed by atoms with van der Waals surface area (Å²) in [5.41, 5.74) is 5.37. The third-order valence-corrected chi connectivity index (χ3v) is 8.16. The predicted molar refractivity (Wildman–Crippen MR) is 159 cm³/mol. The minimum absolute atomic E-state index is 0.0824. The van der Waals surface area contributed by atoms with Gasteiger partial charge in [-0.1, -0.05) is 64.0 Å². The molecule has 1 N–H and O–H groups in total. The summed E-state index contributed by atoms with van der Waals surface area (Å²) >= 11 is 3.36. The van der Waals surface area contributed by atoms with Gasteiger partial charge in [0, 0.05) is 4.47 Å². The van der Waals surface area contributed by atoms with Crippen LogP contribution in [0.4, 0.5) is 5.69 Å². The standard InChI is InChI=1S/C30H28BrN3O5S/c1-22-8-15-27(16-9-22)40(36,37)34(26-13-11-25(31)12-14-26)20-30(35)33-32-19-24-10-17-28(29(18-24)38-2)39-21-23-6-4-3-5-7-23/h3-19H,20-21H2,1-2H3,(H,33,35)/b32-19+. The van der Waals surface area contributed by atoms with Gasteiger partial charge in [-0.2, -0.15) is 5.10 Å². The molecule has 4 aromatic rings. The zero-order chi connectivity index (χ0) is 28.5. The number of methoxy groups -OCH3 is 1. The summed E-state index contributed by atoms with van der Waals surface area (Å²) in [6.07, 6.45) is 1.44. The van der Waals surface area contributed by atoms with Crippen molar-refractivity contribution in [1.29, 1.82) is 0 Å². The highest BCUT2D eigenvalue weighted by Crippen LogP contribution is 2.29. The summed E-state index contributed by atoms with van der Waals surface area (Å²) in [6.45, 7) is 1.79. The maximum Gasteiger partial charge on any atom is 0.264 e. The van der Waals surface area contributed by atoms with Gasteiger partial charge in [-0.25, -0.2) is 13.8 Å². The molecule has 0 bridgehead atoms. The van der Waals surface area contributed by atoms with Crippen LogP contribution in [-0.2, 0) is 21.4 Å². The van der Waals surface area contributed by atoms with Gasteiger partial charge in [0.05, 0.1) is 23.9 Å². The predicted octanol–water partition coefficient (Wildman–Crippen LogP) is 5.69. The molecule has 0 aliphatic heterocycles. The minimum atomic E-state index is -4.02. The number of nitrogens with zero attached hydrogens (tertiary/aromatic N) is 2. The first-order valence-electron chi connectivity index (χ1n) is 12.3. The van der Waals surface area contributed by atoms with E-state index in [9.17, 15) is 13.2 Å². The van der Waals surface area contributed by atoms with Gasteiger partial charge in [0.25, 0.3) is 15.9 Å². The smallest absolute Gasteiger partial charge is 0.264 e. The number of amides is 1. The molecule has 1 amide bonds. The molecule has 0 aliphatic carbocycles. The van der Waals surface area contributed by atoms with Gasteiger partial charge in [0.15, 0.2) is 11.5 Å². The van der Waals surface area contributed by atoms with Crippen LogP contribution in [0, 0.1) is 6.92 Å². The number of ether oxygens (including phenoxy) is 2. The minimum Gasteiger partial charge on any atom is -0.493 e. The van der Waals surface area contributed by atoms with Gasteiger partial charge in [0.2, 0.25) is 0 Å². The zero-order valence-electron chi connectivity index (χ0n) is 22.0. The molecular weight excluding hydrogens is 594 g/mol. The van der Waals surface area contributed by atoms with Crippen LogP contribution < -0.4 is 19.2 Å².